The second-order valence-corrected chi connectivity index (χ2v) is 8.48. The van der Waals surface area contributed by atoms with Crippen LogP contribution >= 0.6 is 0 Å². The van der Waals surface area contributed by atoms with Gasteiger partial charge in [0.25, 0.3) is 5.91 Å². The van der Waals surface area contributed by atoms with Gasteiger partial charge in [-0.05, 0) is 66.5 Å². The number of nitrogens with one attached hydrogen (secondary N) is 1. The van der Waals surface area contributed by atoms with Crippen LogP contribution in [0.3, 0.4) is 0 Å². The maximum atomic E-state index is 13.1. The van der Waals surface area contributed by atoms with E-state index in [2.05, 4.69) is 17.5 Å². The van der Waals surface area contributed by atoms with Crippen molar-refractivity contribution in [2.45, 2.75) is 13.0 Å². The van der Waals surface area contributed by atoms with Crippen LogP contribution in [-0.2, 0) is 16.1 Å². The van der Waals surface area contributed by atoms with Gasteiger partial charge in [0.05, 0.1) is 30.3 Å². The summed E-state index contributed by atoms with van der Waals surface area (Å²) >= 11 is 0. The van der Waals surface area contributed by atoms with E-state index in [4.69, 9.17) is 4.42 Å². The van der Waals surface area contributed by atoms with Crippen LogP contribution in [0.2, 0.25) is 0 Å². The molecular formula is C23H20N2O4. The summed E-state index contributed by atoms with van der Waals surface area (Å²) in [5.74, 6) is 1.45. The van der Waals surface area contributed by atoms with Crippen molar-refractivity contribution in [2.75, 3.05) is 4.90 Å². The molecule has 6 heteroatoms. The molecule has 6 nitrogen and oxygen atoms in total. The van der Waals surface area contributed by atoms with Crippen molar-refractivity contribution in [3.05, 3.63) is 66.1 Å². The summed E-state index contributed by atoms with van der Waals surface area (Å²) in [5.41, 5.74) is 1.02. The zero-order valence-corrected chi connectivity index (χ0v) is 15.7. The highest BCUT2D eigenvalue weighted by molar-refractivity contribution is 6.22. The molecule has 0 radical (unpaired) electrons. The molecule has 6 unspecified atom stereocenters. The molecule has 3 fully saturated rings. The Balaban J connectivity index is 1.21. The number of hydrogen-bond donors (Lipinski definition) is 1. The summed E-state index contributed by atoms with van der Waals surface area (Å²) in [5, 5.41) is 2.79. The average Bonchev–Trinajstić information content (AvgIpc) is 3.33. The molecule has 7 rings (SSSR count). The molecule has 1 N–H and O–H groups in total. The molecule has 146 valence electrons. The summed E-state index contributed by atoms with van der Waals surface area (Å²) in [6.07, 6.45) is 7.04. The molecule has 0 spiro atoms. The van der Waals surface area contributed by atoms with Crippen LogP contribution < -0.4 is 10.2 Å². The minimum absolute atomic E-state index is 0.0836. The van der Waals surface area contributed by atoms with Gasteiger partial charge in [-0.1, -0.05) is 12.2 Å². The first kappa shape index (κ1) is 16.8. The Labute approximate surface area is 167 Å². The number of carbonyl (C=O) groups is 3. The highest BCUT2D eigenvalue weighted by Crippen LogP contribution is 2.65. The van der Waals surface area contributed by atoms with E-state index in [0.717, 1.165) is 6.42 Å². The molecule has 29 heavy (non-hydrogen) atoms. The normalized spacial score (nSPS) is 33.6. The van der Waals surface area contributed by atoms with Crippen LogP contribution in [0.1, 0.15) is 22.5 Å². The quantitative estimate of drug-likeness (QED) is 0.645. The molecule has 2 bridgehead atoms. The fourth-order valence-electron chi connectivity index (χ4n) is 5.66. The topological polar surface area (TPSA) is 79.6 Å². The van der Waals surface area contributed by atoms with Gasteiger partial charge in [0.2, 0.25) is 11.8 Å². The molecule has 2 aromatic rings. The smallest absolute Gasteiger partial charge is 0.251 e. The van der Waals surface area contributed by atoms with Crippen LogP contribution in [-0.4, -0.2) is 17.7 Å². The minimum Gasteiger partial charge on any atom is -0.467 e. The minimum atomic E-state index is -0.233. The number of amides is 3. The first-order valence-electron chi connectivity index (χ1n) is 10.1. The van der Waals surface area contributed by atoms with Gasteiger partial charge < -0.3 is 9.73 Å². The fraction of sp³-hybridized carbons (Fsp3) is 0.348. The molecule has 1 aromatic heterocycles. The third-order valence-electron chi connectivity index (χ3n) is 7.05. The van der Waals surface area contributed by atoms with E-state index in [0.29, 0.717) is 35.4 Å². The Bertz CT molecular complexity index is 1000. The van der Waals surface area contributed by atoms with Crippen molar-refractivity contribution in [2.24, 2.45) is 35.5 Å². The highest BCUT2D eigenvalue weighted by atomic mass is 16.3. The predicted octanol–water partition coefficient (Wildman–Crippen LogP) is 2.77. The maximum absolute atomic E-state index is 13.1. The van der Waals surface area contributed by atoms with Crippen molar-refractivity contribution < 1.29 is 18.8 Å². The molecule has 1 aliphatic heterocycles. The summed E-state index contributed by atoms with van der Waals surface area (Å²) in [6, 6.07) is 10.2. The molecule has 3 amide bonds. The second kappa shape index (κ2) is 5.92. The van der Waals surface area contributed by atoms with Gasteiger partial charge in [0.1, 0.15) is 5.76 Å². The number of furan rings is 1. The summed E-state index contributed by atoms with van der Waals surface area (Å²) in [6.45, 7) is 0.304. The molecule has 5 aliphatic rings. The number of carbonyl (C=O) groups excluding carboxylic acids is 3. The average molecular weight is 388 g/mol. The van der Waals surface area contributed by atoms with Crippen molar-refractivity contribution in [1.82, 2.24) is 5.32 Å². The van der Waals surface area contributed by atoms with E-state index in [1.165, 1.54) is 4.90 Å². The third kappa shape index (κ3) is 2.38. The number of hydrogen-bond acceptors (Lipinski definition) is 4. The van der Waals surface area contributed by atoms with Crippen molar-refractivity contribution in [3.8, 4) is 0 Å². The van der Waals surface area contributed by atoms with Crippen LogP contribution in [0.15, 0.2) is 59.2 Å². The highest BCUT2D eigenvalue weighted by Gasteiger charge is 2.67. The van der Waals surface area contributed by atoms with Gasteiger partial charge in [-0.3, -0.25) is 19.3 Å². The first-order chi connectivity index (χ1) is 14.1. The van der Waals surface area contributed by atoms with Gasteiger partial charge in [-0.15, -0.1) is 0 Å². The lowest BCUT2D eigenvalue weighted by Crippen LogP contribution is -2.40. The van der Waals surface area contributed by atoms with E-state index in [9.17, 15) is 14.4 Å². The molecule has 2 heterocycles. The van der Waals surface area contributed by atoms with Crippen LogP contribution in [0.25, 0.3) is 0 Å². The summed E-state index contributed by atoms with van der Waals surface area (Å²) in [7, 11) is 0. The van der Waals surface area contributed by atoms with Crippen LogP contribution in [0.5, 0.6) is 0 Å². The number of nitrogens with zero attached hydrogens (tertiary/aromatic N) is 1. The van der Waals surface area contributed by atoms with Crippen LogP contribution in [0, 0.1) is 35.5 Å². The molecular weight excluding hydrogens is 368 g/mol. The number of benzene rings is 1. The lowest BCUT2D eigenvalue weighted by Gasteiger charge is -2.37. The third-order valence-corrected chi connectivity index (χ3v) is 7.05. The fourth-order valence-corrected chi connectivity index (χ4v) is 5.66. The summed E-state index contributed by atoms with van der Waals surface area (Å²) in [4.78, 5) is 40.0. The number of allylic oxidation sites excluding steroid dienone is 2. The number of rotatable bonds is 4. The monoisotopic (exact) mass is 388 g/mol. The van der Waals surface area contributed by atoms with Crippen LogP contribution in [0.4, 0.5) is 5.69 Å². The predicted molar refractivity (Wildman–Crippen MR) is 104 cm³/mol. The van der Waals surface area contributed by atoms with Crippen molar-refractivity contribution in [1.29, 1.82) is 0 Å². The van der Waals surface area contributed by atoms with Crippen molar-refractivity contribution >= 4 is 23.4 Å². The lowest BCUT2D eigenvalue weighted by atomic mass is 9.63. The second-order valence-electron chi connectivity index (χ2n) is 8.48. The Hall–Kier alpha value is -3.15. The van der Waals surface area contributed by atoms with Crippen molar-refractivity contribution in [3.63, 3.8) is 0 Å². The molecule has 1 saturated heterocycles. The zero-order chi connectivity index (χ0) is 19.7. The van der Waals surface area contributed by atoms with Gasteiger partial charge in [-0.2, -0.15) is 0 Å². The Morgan fingerprint density at radius 1 is 1.00 bits per heavy atom. The Kier molecular flexibility index (Phi) is 3.43. The molecule has 4 aliphatic carbocycles. The van der Waals surface area contributed by atoms with Gasteiger partial charge in [-0.25, -0.2) is 0 Å². The Morgan fingerprint density at radius 3 is 2.24 bits per heavy atom. The number of imide groups is 1. The van der Waals surface area contributed by atoms with Gasteiger partial charge in [0, 0.05) is 5.56 Å². The largest absolute Gasteiger partial charge is 0.467 e. The maximum Gasteiger partial charge on any atom is 0.251 e. The molecule has 1 aromatic carbocycles. The zero-order valence-electron chi connectivity index (χ0n) is 15.7. The molecule has 6 atom stereocenters. The van der Waals surface area contributed by atoms with Gasteiger partial charge in [0.15, 0.2) is 0 Å². The first-order valence-corrected chi connectivity index (χ1v) is 10.1. The van der Waals surface area contributed by atoms with E-state index < -0.39 is 0 Å². The molecule has 2 saturated carbocycles. The summed E-state index contributed by atoms with van der Waals surface area (Å²) < 4.78 is 5.21. The van der Waals surface area contributed by atoms with Gasteiger partial charge >= 0.3 is 0 Å². The Morgan fingerprint density at radius 2 is 1.66 bits per heavy atom. The van der Waals surface area contributed by atoms with E-state index >= 15 is 0 Å². The van der Waals surface area contributed by atoms with E-state index in [-0.39, 0.29) is 41.4 Å². The SMILES string of the molecule is O=C(NCc1ccco1)c1ccc(N2C(=O)C3C4C=CC(C5CC45)C3C2=O)cc1. The number of anilines is 1. The van der Waals surface area contributed by atoms with E-state index in [1.807, 2.05) is 0 Å². The lowest BCUT2D eigenvalue weighted by molar-refractivity contribution is -0.124. The van der Waals surface area contributed by atoms with E-state index in [1.54, 1.807) is 42.7 Å². The standard InChI is InChI=1S/C23H20N2O4/c26-21(24-11-14-2-1-9-29-14)12-3-5-13(6-4-12)25-22(27)19-15-7-8-16(18-10-17(15)18)20(19)23(25)28/h1-9,15-20H,10-11H2,(H,24,26).